The molecule has 78 valence electrons. The molecule has 0 saturated heterocycles. The second-order valence-electron chi connectivity index (χ2n) is 3.66. The molecule has 0 aliphatic carbocycles. The van der Waals surface area contributed by atoms with Gasteiger partial charge in [0.25, 0.3) is 0 Å². The molecule has 1 aliphatic heterocycles. The zero-order chi connectivity index (χ0) is 10.7. The molecule has 1 aromatic rings. The first-order valence-corrected chi connectivity index (χ1v) is 5.32. The van der Waals surface area contributed by atoms with Crippen molar-refractivity contribution in [2.24, 2.45) is 0 Å². The van der Waals surface area contributed by atoms with E-state index in [9.17, 15) is 0 Å². The van der Waals surface area contributed by atoms with Crippen LogP contribution in [-0.2, 0) is 6.42 Å². The molecule has 2 heterocycles. The largest absolute Gasteiger partial charge is 0.383 e. The van der Waals surface area contributed by atoms with E-state index in [1.165, 1.54) is 5.56 Å². The van der Waals surface area contributed by atoms with Crippen LogP contribution in [0.1, 0.15) is 11.3 Å². The first-order chi connectivity index (χ1) is 7.24. The van der Waals surface area contributed by atoms with E-state index in [1.807, 2.05) is 25.3 Å². The van der Waals surface area contributed by atoms with Gasteiger partial charge < -0.3 is 5.32 Å². The van der Waals surface area contributed by atoms with Crippen LogP contribution in [0.4, 0.5) is 0 Å². The number of hydrogen-bond donors (Lipinski definition) is 1. The van der Waals surface area contributed by atoms with E-state index in [2.05, 4.69) is 22.4 Å². The maximum absolute atomic E-state index is 5.84. The Morgan fingerprint density at radius 2 is 2.27 bits per heavy atom. The van der Waals surface area contributed by atoms with Crippen LogP contribution < -0.4 is 5.32 Å². The molecule has 0 bridgehead atoms. The Morgan fingerprint density at radius 1 is 1.40 bits per heavy atom. The van der Waals surface area contributed by atoms with Gasteiger partial charge in [-0.05, 0) is 30.7 Å². The molecule has 2 rings (SSSR count). The summed E-state index contributed by atoms with van der Waals surface area (Å²) in [7, 11) is 0. The van der Waals surface area contributed by atoms with Crippen LogP contribution in [-0.4, -0.2) is 11.5 Å². The Kier molecular flexibility index (Phi) is 3.07. The van der Waals surface area contributed by atoms with Crippen LogP contribution in [0.25, 0.3) is 0 Å². The smallest absolute Gasteiger partial charge is 0.0505 e. The van der Waals surface area contributed by atoms with Crippen LogP contribution in [0.2, 0.25) is 0 Å². The Bertz CT molecular complexity index is 404. The standard InChI is InChI=1S/C12H13ClN2/c1-9-2-4-11(14-7-9)6-12-5-3-10(13)8-15-12/h2-5,7,15H,6,8H2,1H3. The third-order valence-corrected chi connectivity index (χ3v) is 2.55. The molecule has 0 saturated carbocycles. The van der Waals surface area contributed by atoms with Gasteiger partial charge in [-0.15, -0.1) is 0 Å². The molecule has 0 amide bonds. The Morgan fingerprint density at radius 3 is 2.87 bits per heavy atom. The van der Waals surface area contributed by atoms with Crippen molar-refractivity contribution in [1.29, 1.82) is 0 Å². The second-order valence-corrected chi connectivity index (χ2v) is 4.15. The SMILES string of the molecule is Cc1ccc(CC2=CC=C(Cl)CN2)nc1. The molecule has 0 aromatic carbocycles. The molecule has 1 aliphatic rings. The average molecular weight is 221 g/mol. The van der Waals surface area contributed by atoms with Crippen molar-refractivity contribution >= 4 is 11.6 Å². The molecule has 1 N–H and O–H groups in total. The fourth-order valence-corrected chi connectivity index (χ4v) is 1.56. The van der Waals surface area contributed by atoms with Crippen molar-refractivity contribution in [3.63, 3.8) is 0 Å². The van der Waals surface area contributed by atoms with Gasteiger partial charge in [0, 0.05) is 29.0 Å². The third kappa shape index (κ3) is 2.83. The van der Waals surface area contributed by atoms with Crippen LogP contribution in [0.15, 0.2) is 41.2 Å². The minimum Gasteiger partial charge on any atom is -0.383 e. The van der Waals surface area contributed by atoms with E-state index in [1.54, 1.807) is 0 Å². The van der Waals surface area contributed by atoms with Crippen LogP contribution in [0, 0.1) is 6.92 Å². The number of rotatable bonds is 2. The zero-order valence-corrected chi connectivity index (χ0v) is 9.38. The minimum atomic E-state index is 0.721. The van der Waals surface area contributed by atoms with Gasteiger partial charge in [0.15, 0.2) is 0 Å². The molecule has 0 spiro atoms. The summed E-state index contributed by atoms with van der Waals surface area (Å²) in [6, 6.07) is 4.13. The molecule has 0 radical (unpaired) electrons. The highest BCUT2D eigenvalue weighted by Gasteiger charge is 2.04. The van der Waals surface area contributed by atoms with Gasteiger partial charge in [-0.1, -0.05) is 17.7 Å². The predicted octanol–water partition coefficient (Wildman–Crippen LogP) is 2.54. The summed E-state index contributed by atoms with van der Waals surface area (Å²) in [5.41, 5.74) is 3.42. The Hall–Kier alpha value is -1.28. The van der Waals surface area contributed by atoms with Crippen LogP contribution in [0.5, 0.6) is 0 Å². The summed E-state index contributed by atoms with van der Waals surface area (Å²) >= 11 is 5.84. The quantitative estimate of drug-likeness (QED) is 0.829. The second kappa shape index (κ2) is 4.49. The summed E-state index contributed by atoms with van der Waals surface area (Å²) in [5.74, 6) is 0. The first kappa shape index (κ1) is 10.2. The van der Waals surface area contributed by atoms with Crippen molar-refractivity contribution < 1.29 is 0 Å². The summed E-state index contributed by atoms with van der Waals surface area (Å²) < 4.78 is 0. The summed E-state index contributed by atoms with van der Waals surface area (Å²) in [4.78, 5) is 4.36. The van der Waals surface area contributed by atoms with E-state index < -0.39 is 0 Å². The van der Waals surface area contributed by atoms with Gasteiger partial charge in [-0.3, -0.25) is 4.98 Å². The summed E-state index contributed by atoms with van der Waals surface area (Å²) in [5, 5.41) is 4.10. The highest BCUT2D eigenvalue weighted by Crippen LogP contribution is 2.11. The van der Waals surface area contributed by atoms with Gasteiger partial charge in [0.1, 0.15) is 0 Å². The molecule has 3 heteroatoms. The first-order valence-electron chi connectivity index (χ1n) is 4.95. The molecular formula is C12H13ClN2. The lowest BCUT2D eigenvalue weighted by atomic mass is 10.1. The van der Waals surface area contributed by atoms with Crippen molar-refractivity contribution in [3.05, 3.63) is 52.5 Å². The number of aryl methyl sites for hydroxylation is 1. The minimum absolute atomic E-state index is 0.721. The van der Waals surface area contributed by atoms with Gasteiger partial charge in [0.05, 0.1) is 6.54 Å². The van der Waals surface area contributed by atoms with E-state index in [-0.39, 0.29) is 0 Å². The fourth-order valence-electron chi connectivity index (χ4n) is 1.43. The van der Waals surface area contributed by atoms with E-state index in [0.29, 0.717) is 0 Å². The van der Waals surface area contributed by atoms with Crippen molar-refractivity contribution in [1.82, 2.24) is 10.3 Å². The van der Waals surface area contributed by atoms with Gasteiger partial charge >= 0.3 is 0 Å². The normalized spacial score (nSPS) is 15.3. The number of pyridine rings is 1. The number of aromatic nitrogens is 1. The molecule has 2 nitrogen and oxygen atoms in total. The predicted molar refractivity (Wildman–Crippen MR) is 62.7 cm³/mol. The molecule has 15 heavy (non-hydrogen) atoms. The molecular weight excluding hydrogens is 208 g/mol. The molecule has 1 aromatic heterocycles. The number of hydrogen-bond acceptors (Lipinski definition) is 2. The summed E-state index contributed by atoms with van der Waals surface area (Å²) in [6.45, 7) is 2.76. The zero-order valence-electron chi connectivity index (χ0n) is 8.63. The van der Waals surface area contributed by atoms with Crippen molar-refractivity contribution in [2.75, 3.05) is 6.54 Å². The van der Waals surface area contributed by atoms with E-state index in [0.717, 1.165) is 29.4 Å². The maximum Gasteiger partial charge on any atom is 0.0505 e. The lowest BCUT2D eigenvalue weighted by molar-refractivity contribution is 0.826. The average Bonchev–Trinajstić information content (AvgIpc) is 2.25. The van der Waals surface area contributed by atoms with E-state index >= 15 is 0 Å². The topological polar surface area (TPSA) is 24.9 Å². The highest BCUT2D eigenvalue weighted by atomic mass is 35.5. The van der Waals surface area contributed by atoms with Crippen molar-refractivity contribution in [3.8, 4) is 0 Å². The van der Waals surface area contributed by atoms with Gasteiger partial charge in [-0.2, -0.15) is 0 Å². The monoisotopic (exact) mass is 220 g/mol. The number of allylic oxidation sites excluding steroid dienone is 3. The Balaban J connectivity index is 2.06. The van der Waals surface area contributed by atoms with Crippen LogP contribution in [0.3, 0.4) is 0 Å². The number of nitrogens with one attached hydrogen (secondary N) is 1. The lowest BCUT2D eigenvalue weighted by Gasteiger charge is -2.13. The molecule has 0 unspecified atom stereocenters. The molecule has 0 fully saturated rings. The fraction of sp³-hybridized carbons (Fsp3) is 0.250. The highest BCUT2D eigenvalue weighted by molar-refractivity contribution is 6.30. The lowest BCUT2D eigenvalue weighted by Crippen LogP contribution is -2.19. The third-order valence-electron chi connectivity index (χ3n) is 2.29. The molecule has 0 atom stereocenters. The summed E-state index contributed by atoms with van der Waals surface area (Å²) in [6.07, 6.45) is 6.66. The number of nitrogens with zero attached hydrogens (tertiary/aromatic N) is 1. The van der Waals surface area contributed by atoms with Crippen LogP contribution >= 0.6 is 11.6 Å². The number of dihydropyridines is 1. The maximum atomic E-state index is 5.84. The van der Waals surface area contributed by atoms with Crippen molar-refractivity contribution in [2.45, 2.75) is 13.3 Å². The van der Waals surface area contributed by atoms with Gasteiger partial charge in [0.2, 0.25) is 0 Å². The number of halogens is 1. The van der Waals surface area contributed by atoms with E-state index in [4.69, 9.17) is 11.6 Å². The Labute approximate surface area is 94.7 Å². The van der Waals surface area contributed by atoms with Gasteiger partial charge in [-0.25, -0.2) is 0 Å².